The summed E-state index contributed by atoms with van der Waals surface area (Å²) in [5.74, 6) is 6.02. The Balaban J connectivity index is 2.25. The van der Waals surface area contributed by atoms with Crippen LogP contribution in [0.15, 0.2) is 16.4 Å². The van der Waals surface area contributed by atoms with Crippen molar-refractivity contribution < 1.29 is 4.74 Å². The van der Waals surface area contributed by atoms with E-state index < -0.39 is 0 Å². The van der Waals surface area contributed by atoms with Gasteiger partial charge in [-0.3, -0.25) is 5.43 Å². The third-order valence-electron chi connectivity index (χ3n) is 2.09. The monoisotopic (exact) mass is 309 g/mol. The highest BCUT2D eigenvalue weighted by Gasteiger charge is 2.11. The van der Waals surface area contributed by atoms with Crippen LogP contribution in [0.25, 0.3) is 0 Å². The van der Waals surface area contributed by atoms with Crippen molar-refractivity contribution in [2.45, 2.75) is 23.7 Å². The lowest BCUT2D eigenvalue weighted by Gasteiger charge is -2.06. The Morgan fingerprint density at radius 1 is 1.10 bits per heavy atom. The summed E-state index contributed by atoms with van der Waals surface area (Å²) in [5, 5.41) is 0.636. The maximum atomic E-state index is 5.61. The minimum absolute atomic E-state index is 0.166. The molecule has 0 spiro atoms. The number of hydrazine groups is 1. The van der Waals surface area contributed by atoms with Crippen LogP contribution in [0.1, 0.15) is 13.3 Å². The molecule has 11 heteroatoms. The predicted molar refractivity (Wildman–Crippen MR) is 78.4 cm³/mol. The highest BCUT2D eigenvalue weighted by atomic mass is 32.2. The van der Waals surface area contributed by atoms with Crippen molar-refractivity contribution in [3.05, 3.63) is 6.07 Å². The van der Waals surface area contributed by atoms with Crippen molar-refractivity contribution in [1.29, 1.82) is 0 Å². The maximum absolute atomic E-state index is 5.61. The van der Waals surface area contributed by atoms with Gasteiger partial charge in [-0.2, -0.15) is 15.0 Å². The zero-order chi connectivity index (χ0) is 15.2. The number of nitrogens with one attached hydrogen (secondary N) is 1. The fraction of sp³-hybridized carbons (Fsp3) is 0.300. The number of hydrogen-bond donors (Lipinski definition) is 4. The number of nitrogens with two attached hydrogens (primary N) is 3. The number of anilines is 3. The predicted octanol–water partition coefficient (Wildman–Crippen LogP) is 0.0516. The third-order valence-corrected chi connectivity index (χ3v) is 2.82. The van der Waals surface area contributed by atoms with Gasteiger partial charge in [-0.05, 0) is 18.2 Å². The van der Waals surface area contributed by atoms with E-state index in [1.54, 1.807) is 0 Å². The molecule has 0 bridgehead atoms. The number of rotatable bonds is 6. The Hall–Kier alpha value is -2.40. The van der Waals surface area contributed by atoms with Crippen molar-refractivity contribution in [2.75, 3.05) is 23.5 Å². The largest absolute Gasteiger partial charge is 0.463 e. The van der Waals surface area contributed by atoms with Crippen molar-refractivity contribution in [3.8, 4) is 6.01 Å². The van der Waals surface area contributed by atoms with E-state index >= 15 is 0 Å². The molecule has 0 aliphatic rings. The summed E-state index contributed by atoms with van der Waals surface area (Å²) in [4.78, 5) is 20.3. The van der Waals surface area contributed by atoms with E-state index in [-0.39, 0.29) is 23.6 Å². The molecule has 0 aromatic carbocycles. The van der Waals surface area contributed by atoms with Crippen LogP contribution in [0.5, 0.6) is 6.01 Å². The van der Waals surface area contributed by atoms with Crippen molar-refractivity contribution >= 4 is 29.3 Å². The summed E-state index contributed by atoms with van der Waals surface area (Å²) in [6.45, 7) is 2.46. The Morgan fingerprint density at radius 2 is 1.76 bits per heavy atom. The summed E-state index contributed by atoms with van der Waals surface area (Å²) >= 11 is 1.07. The average Bonchev–Trinajstić information content (AvgIpc) is 2.43. The molecular weight excluding hydrogens is 294 g/mol. The molecule has 0 unspecified atom stereocenters. The highest BCUT2D eigenvalue weighted by Crippen LogP contribution is 2.24. The molecule has 0 aliphatic carbocycles. The summed E-state index contributed by atoms with van der Waals surface area (Å²) < 4.78 is 5.36. The van der Waals surface area contributed by atoms with Crippen molar-refractivity contribution in [3.63, 3.8) is 0 Å². The lowest BCUT2D eigenvalue weighted by molar-refractivity contribution is 0.288. The van der Waals surface area contributed by atoms with E-state index in [1.807, 2.05) is 6.92 Å². The van der Waals surface area contributed by atoms with E-state index in [1.165, 1.54) is 6.07 Å². The molecule has 0 atom stereocenters. The zero-order valence-electron chi connectivity index (χ0n) is 11.3. The molecule has 112 valence electrons. The zero-order valence-corrected chi connectivity index (χ0v) is 12.1. The van der Waals surface area contributed by atoms with E-state index in [0.717, 1.165) is 18.2 Å². The van der Waals surface area contributed by atoms with Crippen LogP contribution in [-0.4, -0.2) is 31.5 Å². The highest BCUT2D eigenvalue weighted by molar-refractivity contribution is 7.99. The van der Waals surface area contributed by atoms with Crippen molar-refractivity contribution in [2.24, 2.45) is 5.84 Å². The van der Waals surface area contributed by atoms with Gasteiger partial charge in [0.15, 0.2) is 5.16 Å². The Morgan fingerprint density at radius 3 is 2.38 bits per heavy atom. The minimum Gasteiger partial charge on any atom is -0.463 e. The van der Waals surface area contributed by atoms with Gasteiger partial charge in [0.05, 0.1) is 6.61 Å². The van der Waals surface area contributed by atoms with Gasteiger partial charge >= 0.3 is 6.01 Å². The summed E-state index contributed by atoms with van der Waals surface area (Å²) in [7, 11) is 0. The molecule has 0 saturated carbocycles. The lowest BCUT2D eigenvalue weighted by atomic mass is 10.5. The van der Waals surface area contributed by atoms with Crippen LogP contribution in [0.3, 0.4) is 0 Å². The second kappa shape index (κ2) is 6.85. The maximum Gasteiger partial charge on any atom is 0.322 e. The number of aromatic nitrogens is 5. The molecule has 7 N–H and O–H groups in total. The molecule has 0 radical (unpaired) electrons. The second-order valence-electron chi connectivity index (χ2n) is 3.82. The third kappa shape index (κ3) is 4.29. The fourth-order valence-corrected chi connectivity index (χ4v) is 2.02. The van der Waals surface area contributed by atoms with Gasteiger partial charge in [-0.15, -0.1) is 0 Å². The number of nitrogen functional groups attached to an aromatic ring is 3. The smallest absolute Gasteiger partial charge is 0.322 e. The standard InChI is InChI=1S/C10H15N9OS/c1-2-3-20-8-16-7(19-13)17-10(18-8)21-9-14-5(11)4-6(12)15-9/h4H,2-3,13H2,1H3,(H4,11,12,14,15)(H,16,17,18,19). The van der Waals surface area contributed by atoms with Crippen LogP contribution in [0.4, 0.5) is 17.6 Å². The van der Waals surface area contributed by atoms with Gasteiger partial charge in [0.2, 0.25) is 11.1 Å². The van der Waals surface area contributed by atoms with Crippen LogP contribution < -0.4 is 27.5 Å². The Bertz CT molecular complexity index is 603. The molecule has 21 heavy (non-hydrogen) atoms. The fourth-order valence-electron chi connectivity index (χ4n) is 1.30. The first-order valence-electron chi connectivity index (χ1n) is 6.04. The first-order valence-corrected chi connectivity index (χ1v) is 6.85. The molecular formula is C10H15N9OS. The molecule has 2 aromatic rings. The van der Waals surface area contributed by atoms with Gasteiger partial charge in [-0.1, -0.05) is 6.92 Å². The lowest BCUT2D eigenvalue weighted by Crippen LogP contribution is -2.13. The van der Waals surface area contributed by atoms with Gasteiger partial charge in [-0.25, -0.2) is 15.8 Å². The average molecular weight is 309 g/mol. The van der Waals surface area contributed by atoms with Crippen molar-refractivity contribution in [1.82, 2.24) is 24.9 Å². The van der Waals surface area contributed by atoms with Crippen LogP contribution in [0, 0.1) is 0 Å². The number of hydrogen-bond acceptors (Lipinski definition) is 11. The summed E-state index contributed by atoms with van der Waals surface area (Å²) in [5.41, 5.74) is 13.6. The molecule has 2 aromatic heterocycles. The van der Waals surface area contributed by atoms with Gasteiger partial charge in [0, 0.05) is 6.07 Å². The minimum atomic E-state index is 0.166. The normalized spacial score (nSPS) is 10.4. The molecule has 2 heterocycles. The summed E-state index contributed by atoms with van der Waals surface area (Å²) in [6, 6.07) is 1.62. The van der Waals surface area contributed by atoms with Crippen LogP contribution in [0.2, 0.25) is 0 Å². The Kier molecular flexibility index (Phi) is 4.90. The first-order chi connectivity index (χ1) is 10.1. The van der Waals surface area contributed by atoms with Gasteiger partial charge in [0.25, 0.3) is 0 Å². The Labute approximate surface area is 124 Å². The van der Waals surface area contributed by atoms with E-state index in [2.05, 4.69) is 30.3 Å². The van der Waals surface area contributed by atoms with E-state index in [4.69, 9.17) is 22.0 Å². The van der Waals surface area contributed by atoms with Crippen LogP contribution >= 0.6 is 11.8 Å². The molecule has 0 fully saturated rings. The number of nitrogens with zero attached hydrogens (tertiary/aromatic N) is 5. The molecule has 0 aliphatic heterocycles. The quantitative estimate of drug-likeness (QED) is 0.323. The van der Waals surface area contributed by atoms with Crippen LogP contribution in [-0.2, 0) is 0 Å². The SMILES string of the molecule is CCCOc1nc(NN)nc(Sc2nc(N)cc(N)n2)n1. The molecule has 2 rings (SSSR count). The van der Waals surface area contributed by atoms with E-state index in [9.17, 15) is 0 Å². The summed E-state index contributed by atoms with van der Waals surface area (Å²) in [6.07, 6.45) is 0.828. The van der Waals surface area contributed by atoms with Gasteiger partial charge in [0.1, 0.15) is 11.6 Å². The second-order valence-corrected chi connectivity index (χ2v) is 4.75. The van der Waals surface area contributed by atoms with Gasteiger partial charge < -0.3 is 16.2 Å². The molecule has 10 nitrogen and oxygen atoms in total. The first kappa shape index (κ1) is 15.0. The number of ether oxygens (including phenoxy) is 1. The molecule has 0 saturated heterocycles. The topological polar surface area (TPSA) is 164 Å². The molecule has 0 amide bonds. The van der Waals surface area contributed by atoms with E-state index in [0.29, 0.717) is 16.9 Å².